The fourth-order valence-electron chi connectivity index (χ4n) is 1.21. The molecule has 0 unspecified atom stereocenters. The molecule has 0 spiro atoms. The van der Waals surface area contributed by atoms with Crippen molar-refractivity contribution < 1.29 is 0 Å². The van der Waals surface area contributed by atoms with Gasteiger partial charge >= 0.3 is 0 Å². The van der Waals surface area contributed by atoms with Crippen LogP contribution in [0.1, 0.15) is 13.8 Å². The van der Waals surface area contributed by atoms with Crippen LogP contribution in [0.3, 0.4) is 0 Å². The average Bonchev–Trinajstić information content (AvgIpc) is 2.33. The average molecular weight is 216 g/mol. The van der Waals surface area contributed by atoms with Crippen molar-refractivity contribution in [1.29, 1.82) is 5.26 Å². The maximum Gasteiger partial charge on any atom is 0.138 e. The summed E-state index contributed by atoms with van der Waals surface area (Å²) in [7, 11) is 0. The van der Waals surface area contributed by atoms with Gasteiger partial charge in [-0.25, -0.2) is 0 Å². The lowest BCUT2D eigenvalue weighted by atomic mass is 10.2. The van der Waals surface area contributed by atoms with Crippen molar-refractivity contribution in [1.82, 2.24) is 4.98 Å². The zero-order valence-corrected chi connectivity index (χ0v) is 9.58. The van der Waals surface area contributed by atoms with Crippen molar-refractivity contribution in [2.45, 2.75) is 18.7 Å². The van der Waals surface area contributed by atoms with Gasteiger partial charge in [-0.05, 0) is 30.0 Å². The van der Waals surface area contributed by atoms with Crippen LogP contribution >= 0.6 is 11.8 Å². The maximum atomic E-state index is 8.57. The molecule has 2 nitrogen and oxygen atoms in total. The number of benzene rings is 1. The van der Waals surface area contributed by atoms with Gasteiger partial charge in [-0.15, -0.1) is 0 Å². The normalized spacial score (nSPS) is 8.87. The highest BCUT2D eigenvalue weighted by molar-refractivity contribution is 8.04. The van der Waals surface area contributed by atoms with Gasteiger partial charge in [-0.3, -0.25) is 4.98 Å². The largest absolute Gasteiger partial charge is 0.256 e. The molecule has 1 aromatic carbocycles. The fraction of sp³-hybridized carbons (Fsp3) is 0.167. The van der Waals surface area contributed by atoms with Gasteiger partial charge < -0.3 is 0 Å². The van der Waals surface area contributed by atoms with Gasteiger partial charge in [0.15, 0.2) is 0 Å². The molecule has 0 N–H and O–H groups in total. The Bertz CT molecular complexity index is 469. The number of nitrogens with zero attached hydrogens (tertiary/aromatic N) is 2. The predicted molar refractivity (Wildman–Crippen MR) is 64.6 cm³/mol. The number of thioether (sulfide) groups is 1. The first-order valence-corrected chi connectivity index (χ1v) is 5.63. The van der Waals surface area contributed by atoms with E-state index in [0.29, 0.717) is 0 Å². The Labute approximate surface area is 93.9 Å². The van der Waals surface area contributed by atoms with Gasteiger partial charge in [0, 0.05) is 16.5 Å². The van der Waals surface area contributed by atoms with E-state index >= 15 is 0 Å². The molecule has 76 valence electrons. The smallest absolute Gasteiger partial charge is 0.138 e. The van der Waals surface area contributed by atoms with Gasteiger partial charge in [0.1, 0.15) is 5.40 Å². The third-order valence-corrected chi connectivity index (χ3v) is 2.43. The Kier molecular flexibility index (Phi) is 4.65. The summed E-state index contributed by atoms with van der Waals surface area (Å²) in [5.41, 5.74) is 0.933. The van der Waals surface area contributed by atoms with Crippen molar-refractivity contribution in [2.24, 2.45) is 0 Å². The third kappa shape index (κ3) is 2.71. The third-order valence-electron chi connectivity index (χ3n) is 1.76. The van der Waals surface area contributed by atoms with Crippen LogP contribution in [0.4, 0.5) is 0 Å². The first-order valence-electron chi connectivity index (χ1n) is 4.81. The van der Waals surface area contributed by atoms with Crippen LogP contribution < -0.4 is 0 Å². The first kappa shape index (κ1) is 11.5. The zero-order chi connectivity index (χ0) is 11.1. The molecule has 0 radical (unpaired) electrons. The molecular formula is C12H12N2S. The van der Waals surface area contributed by atoms with E-state index in [0.717, 1.165) is 15.8 Å². The minimum absolute atomic E-state index is 0.933. The summed E-state index contributed by atoms with van der Waals surface area (Å²) in [6, 6.07) is 9.63. The van der Waals surface area contributed by atoms with E-state index in [1.807, 2.05) is 44.2 Å². The van der Waals surface area contributed by atoms with Crippen LogP contribution in [0, 0.1) is 10.7 Å². The molecule has 0 fully saturated rings. The number of aromatic nitrogens is 1. The SMILES string of the molecule is CC.N#CSc1cccc2ncccc12. The van der Waals surface area contributed by atoms with E-state index in [1.54, 1.807) is 6.20 Å². The lowest BCUT2D eigenvalue weighted by molar-refractivity contribution is 1.39. The highest BCUT2D eigenvalue weighted by atomic mass is 32.2. The highest BCUT2D eigenvalue weighted by Crippen LogP contribution is 2.25. The second kappa shape index (κ2) is 6.05. The molecule has 1 heterocycles. The molecule has 2 rings (SSSR count). The molecule has 3 heteroatoms. The number of rotatable bonds is 1. The summed E-state index contributed by atoms with van der Waals surface area (Å²) in [6.07, 6.45) is 1.75. The maximum absolute atomic E-state index is 8.57. The number of thiocyanates is 1. The molecular weight excluding hydrogens is 204 g/mol. The highest BCUT2D eigenvalue weighted by Gasteiger charge is 1.99. The molecule has 0 atom stereocenters. The molecule has 2 aromatic rings. The summed E-state index contributed by atoms with van der Waals surface area (Å²) >= 11 is 1.17. The van der Waals surface area contributed by atoms with Crippen LogP contribution in [0.5, 0.6) is 0 Å². The number of pyridine rings is 1. The van der Waals surface area contributed by atoms with Crippen LogP contribution in [0.25, 0.3) is 10.9 Å². The van der Waals surface area contributed by atoms with E-state index in [4.69, 9.17) is 5.26 Å². The molecule has 0 amide bonds. The summed E-state index contributed by atoms with van der Waals surface area (Å²) < 4.78 is 0. The van der Waals surface area contributed by atoms with E-state index in [2.05, 4.69) is 10.4 Å². The number of hydrogen-bond acceptors (Lipinski definition) is 3. The Balaban J connectivity index is 0.000000531. The molecule has 15 heavy (non-hydrogen) atoms. The summed E-state index contributed by atoms with van der Waals surface area (Å²) in [5, 5.41) is 11.7. The second-order valence-electron chi connectivity index (χ2n) is 2.52. The predicted octanol–water partition coefficient (Wildman–Crippen LogP) is 3.83. The topological polar surface area (TPSA) is 36.7 Å². The first-order chi connectivity index (χ1) is 7.42. The molecule has 1 aromatic heterocycles. The summed E-state index contributed by atoms with van der Waals surface area (Å²) in [4.78, 5) is 5.17. The minimum Gasteiger partial charge on any atom is -0.256 e. The minimum atomic E-state index is 0.933. The standard InChI is InChI=1S/C10H6N2S.C2H6/c11-7-13-10-5-1-4-9-8(10)3-2-6-12-9;1-2/h1-6H;1-2H3. The van der Waals surface area contributed by atoms with Crippen molar-refractivity contribution in [3.8, 4) is 5.40 Å². The Morgan fingerprint density at radius 3 is 2.73 bits per heavy atom. The van der Waals surface area contributed by atoms with Gasteiger partial charge in [-0.2, -0.15) is 5.26 Å². The molecule has 0 aliphatic carbocycles. The zero-order valence-electron chi connectivity index (χ0n) is 8.77. The monoisotopic (exact) mass is 216 g/mol. The number of fused-ring (bicyclic) bond motifs is 1. The van der Waals surface area contributed by atoms with Crippen LogP contribution in [0.15, 0.2) is 41.4 Å². The number of hydrogen-bond donors (Lipinski definition) is 0. The van der Waals surface area contributed by atoms with Crippen LogP contribution in [-0.4, -0.2) is 4.98 Å². The number of nitriles is 1. The van der Waals surface area contributed by atoms with Crippen molar-refractivity contribution in [3.63, 3.8) is 0 Å². The van der Waals surface area contributed by atoms with Crippen molar-refractivity contribution in [3.05, 3.63) is 36.5 Å². The van der Waals surface area contributed by atoms with Crippen molar-refractivity contribution in [2.75, 3.05) is 0 Å². The van der Waals surface area contributed by atoms with E-state index in [1.165, 1.54) is 11.8 Å². The molecule has 0 saturated heterocycles. The molecule has 0 aliphatic heterocycles. The fourth-order valence-corrected chi connectivity index (χ4v) is 1.74. The van der Waals surface area contributed by atoms with Crippen LogP contribution in [0.2, 0.25) is 0 Å². The summed E-state index contributed by atoms with van der Waals surface area (Å²) in [6.45, 7) is 4.00. The second-order valence-corrected chi connectivity index (χ2v) is 3.35. The van der Waals surface area contributed by atoms with Gasteiger partial charge in [0.25, 0.3) is 0 Å². The quantitative estimate of drug-likeness (QED) is 0.537. The van der Waals surface area contributed by atoms with Gasteiger partial charge in [0.2, 0.25) is 0 Å². The van der Waals surface area contributed by atoms with Gasteiger partial charge in [0.05, 0.1) is 5.52 Å². The molecule has 0 saturated carbocycles. The Morgan fingerprint density at radius 1 is 1.20 bits per heavy atom. The molecule has 0 aliphatic rings. The van der Waals surface area contributed by atoms with E-state index in [9.17, 15) is 0 Å². The molecule has 0 bridgehead atoms. The Hall–Kier alpha value is -1.53. The van der Waals surface area contributed by atoms with Crippen molar-refractivity contribution >= 4 is 22.7 Å². The summed E-state index contributed by atoms with van der Waals surface area (Å²) in [5.74, 6) is 0. The van der Waals surface area contributed by atoms with Gasteiger partial charge in [-0.1, -0.05) is 26.0 Å². The van der Waals surface area contributed by atoms with E-state index in [-0.39, 0.29) is 0 Å². The van der Waals surface area contributed by atoms with E-state index < -0.39 is 0 Å². The lowest BCUT2D eigenvalue weighted by Gasteiger charge is -1.99. The Morgan fingerprint density at radius 2 is 2.00 bits per heavy atom. The van der Waals surface area contributed by atoms with Crippen LogP contribution in [-0.2, 0) is 0 Å². The lowest BCUT2D eigenvalue weighted by Crippen LogP contribution is -1.78.